The molecule has 7 heteroatoms. The van der Waals surface area contributed by atoms with Gasteiger partial charge in [-0.25, -0.2) is 4.79 Å². The maximum atomic E-state index is 13.2. The van der Waals surface area contributed by atoms with Gasteiger partial charge in [0.1, 0.15) is 23.0 Å². The summed E-state index contributed by atoms with van der Waals surface area (Å²) in [6.45, 7) is 8.07. The highest BCUT2D eigenvalue weighted by Crippen LogP contribution is 2.38. The number of carbonyl (C=O) groups excluding carboxylic acids is 1. The first kappa shape index (κ1) is 26.2. The van der Waals surface area contributed by atoms with Crippen LogP contribution in [0.25, 0.3) is 11.3 Å². The highest BCUT2D eigenvalue weighted by atomic mass is 32.2. The molecule has 0 saturated heterocycles. The first-order valence-corrected chi connectivity index (χ1v) is 12.9. The Labute approximate surface area is 220 Å². The molecular weight excluding hydrogens is 486 g/mol. The molecule has 0 bridgehead atoms. The fraction of sp³-hybridized carbons (Fsp3) is 0.233. The molecule has 0 aliphatic carbocycles. The second-order valence-electron chi connectivity index (χ2n) is 9.14. The van der Waals surface area contributed by atoms with E-state index in [4.69, 9.17) is 13.9 Å². The average Bonchev–Trinajstić information content (AvgIpc) is 2.90. The molecule has 0 aliphatic heterocycles. The van der Waals surface area contributed by atoms with Crippen LogP contribution in [-0.4, -0.2) is 11.0 Å². The van der Waals surface area contributed by atoms with Gasteiger partial charge >= 0.3 is 11.6 Å². The largest absolute Gasteiger partial charge is 0.489 e. The van der Waals surface area contributed by atoms with Gasteiger partial charge in [-0.1, -0.05) is 63.7 Å². The number of hydrogen-bond donors (Lipinski definition) is 0. The molecule has 2 aromatic carbocycles. The summed E-state index contributed by atoms with van der Waals surface area (Å²) >= 11 is 1.25. The Morgan fingerprint density at radius 2 is 1.76 bits per heavy atom. The zero-order valence-corrected chi connectivity index (χ0v) is 22.1. The predicted octanol–water partition coefficient (Wildman–Crippen LogP) is 7.12. The topological polar surface area (TPSA) is 78.6 Å². The van der Waals surface area contributed by atoms with E-state index in [1.165, 1.54) is 11.8 Å². The molecule has 0 N–H and O–H groups in total. The smallest absolute Gasteiger partial charge is 0.354 e. The molecule has 0 unspecified atom stereocenters. The Hall–Kier alpha value is -3.84. The Morgan fingerprint density at radius 1 is 1.00 bits per heavy atom. The van der Waals surface area contributed by atoms with E-state index in [1.807, 2.05) is 36.4 Å². The molecule has 0 atom stereocenters. The molecule has 4 aromatic rings. The van der Waals surface area contributed by atoms with Gasteiger partial charge < -0.3 is 13.9 Å². The van der Waals surface area contributed by atoms with Gasteiger partial charge in [0, 0.05) is 34.5 Å². The van der Waals surface area contributed by atoms with Crippen molar-refractivity contribution in [1.82, 2.24) is 4.98 Å². The predicted molar refractivity (Wildman–Crippen MR) is 144 cm³/mol. The van der Waals surface area contributed by atoms with Crippen molar-refractivity contribution in [2.24, 2.45) is 5.92 Å². The number of esters is 1. The van der Waals surface area contributed by atoms with Crippen LogP contribution in [0.3, 0.4) is 0 Å². The summed E-state index contributed by atoms with van der Waals surface area (Å²) in [5.74, 6) is 0.638. The van der Waals surface area contributed by atoms with Gasteiger partial charge in [0.25, 0.3) is 0 Å². The van der Waals surface area contributed by atoms with Crippen molar-refractivity contribution in [3.8, 4) is 22.8 Å². The molecule has 2 aromatic heterocycles. The average molecular weight is 516 g/mol. The Kier molecular flexibility index (Phi) is 8.46. The normalized spacial score (nSPS) is 11.1. The van der Waals surface area contributed by atoms with Gasteiger partial charge in [0.05, 0.1) is 5.92 Å². The van der Waals surface area contributed by atoms with Crippen LogP contribution in [-0.2, 0) is 11.4 Å². The third kappa shape index (κ3) is 6.68. The summed E-state index contributed by atoms with van der Waals surface area (Å²) < 4.78 is 17.2. The van der Waals surface area contributed by atoms with E-state index in [-0.39, 0.29) is 22.5 Å². The van der Waals surface area contributed by atoms with E-state index >= 15 is 0 Å². The lowest BCUT2D eigenvalue weighted by atomic mass is 10.0. The van der Waals surface area contributed by atoms with Crippen molar-refractivity contribution in [2.45, 2.75) is 50.0 Å². The van der Waals surface area contributed by atoms with Crippen molar-refractivity contribution < 1.29 is 18.7 Å². The minimum atomic E-state index is -0.565. The summed E-state index contributed by atoms with van der Waals surface area (Å²) in [4.78, 5) is 30.9. The molecule has 6 nitrogen and oxygen atoms in total. The molecular formula is C30H29NO5S. The molecule has 0 fully saturated rings. The lowest BCUT2D eigenvalue weighted by molar-refractivity contribution is -0.137. The maximum absolute atomic E-state index is 13.2. The molecule has 0 amide bonds. The molecule has 4 rings (SSSR count). The van der Waals surface area contributed by atoms with E-state index in [0.717, 1.165) is 16.0 Å². The van der Waals surface area contributed by atoms with Crippen LogP contribution in [0.15, 0.2) is 98.1 Å². The zero-order valence-electron chi connectivity index (χ0n) is 21.3. The van der Waals surface area contributed by atoms with Crippen LogP contribution in [0.5, 0.6) is 11.5 Å². The van der Waals surface area contributed by atoms with E-state index in [1.54, 1.807) is 56.6 Å². The zero-order chi connectivity index (χ0) is 26.4. The van der Waals surface area contributed by atoms with Gasteiger partial charge in [-0.15, -0.1) is 0 Å². The number of ether oxygens (including phenoxy) is 2. The first-order chi connectivity index (χ1) is 17.8. The van der Waals surface area contributed by atoms with E-state index < -0.39 is 11.6 Å². The second kappa shape index (κ2) is 11.9. The van der Waals surface area contributed by atoms with Gasteiger partial charge in [-0.05, 0) is 47.9 Å². The van der Waals surface area contributed by atoms with Gasteiger partial charge in [-0.3, -0.25) is 9.78 Å². The van der Waals surface area contributed by atoms with Crippen molar-refractivity contribution in [3.63, 3.8) is 0 Å². The monoisotopic (exact) mass is 515 g/mol. The van der Waals surface area contributed by atoms with Gasteiger partial charge in [-0.2, -0.15) is 0 Å². The number of carbonyl (C=O) groups is 1. The summed E-state index contributed by atoms with van der Waals surface area (Å²) in [7, 11) is 0. The molecule has 0 radical (unpaired) electrons. The van der Waals surface area contributed by atoms with Gasteiger partial charge in [0.2, 0.25) is 0 Å². The fourth-order valence-corrected chi connectivity index (χ4v) is 4.64. The lowest BCUT2D eigenvalue weighted by Crippen LogP contribution is -2.17. The quantitative estimate of drug-likeness (QED) is 0.220. The highest BCUT2D eigenvalue weighted by Gasteiger charge is 2.21. The van der Waals surface area contributed by atoms with Crippen molar-refractivity contribution in [2.75, 3.05) is 0 Å². The van der Waals surface area contributed by atoms with Crippen LogP contribution in [0.2, 0.25) is 0 Å². The number of aromatic nitrogens is 1. The number of nitrogens with zero attached hydrogens (tertiary/aromatic N) is 1. The second-order valence-corrected chi connectivity index (χ2v) is 10.2. The summed E-state index contributed by atoms with van der Waals surface area (Å²) in [5.41, 5.74) is 2.15. The summed E-state index contributed by atoms with van der Waals surface area (Å²) in [6, 6.07) is 20.5. The Bertz CT molecular complexity index is 1410. The number of rotatable bonds is 9. The van der Waals surface area contributed by atoms with Gasteiger partial charge in [0.15, 0.2) is 5.75 Å². The summed E-state index contributed by atoms with van der Waals surface area (Å²) in [6.07, 6.45) is 3.47. The highest BCUT2D eigenvalue weighted by molar-refractivity contribution is 7.99. The van der Waals surface area contributed by atoms with Crippen molar-refractivity contribution in [1.29, 1.82) is 0 Å². The van der Waals surface area contributed by atoms with Crippen LogP contribution in [0, 0.1) is 5.92 Å². The van der Waals surface area contributed by atoms with Crippen LogP contribution in [0.4, 0.5) is 0 Å². The third-order valence-electron chi connectivity index (χ3n) is 5.58. The molecule has 0 saturated carbocycles. The van der Waals surface area contributed by atoms with Crippen LogP contribution >= 0.6 is 11.8 Å². The standard InChI is InChI=1S/C30H29NO5S/c1-19(2)24-9-5-6-10-27(24)37-28-26(36-29(32)20(3)4)16-25(35-30(28)33)22-11-13-23(14-12-22)34-18-21-8-7-15-31-17-21/h5-17,19-20H,18H2,1-4H3. The third-order valence-corrected chi connectivity index (χ3v) is 6.74. The summed E-state index contributed by atoms with van der Waals surface area (Å²) in [5, 5.41) is 0. The maximum Gasteiger partial charge on any atom is 0.354 e. The molecule has 0 aliphatic rings. The lowest BCUT2D eigenvalue weighted by Gasteiger charge is -2.15. The fourth-order valence-electron chi connectivity index (χ4n) is 3.52. The minimum absolute atomic E-state index is 0.186. The van der Waals surface area contributed by atoms with E-state index in [2.05, 4.69) is 18.8 Å². The van der Waals surface area contributed by atoms with Crippen LogP contribution < -0.4 is 15.1 Å². The van der Waals surface area contributed by atoms with Crippen molar-refractivity contribution >= 4 is 17.7 Å². The molecule has 190 valence electrons. The molecule has 0 spiro atoms. The van der Waals surface area contributed by atoms with E-state index in [9.17, 15) is 9.59 Å². The number of pyridine rings is 1. The number of benzene rings is 2. The first-order valence-electron chi connectivity index (χ1n) is 12.1. The van der Waals surface area contributed by atoms with Crippen molar-refractivity contribution in [3.05, 3.63) is 101 Å². The van der Waals surface area contributed by atoms with Crippen LogP contribution in [0.1, 0.15) is 44.7 Å². The molecule has 37 heavy (non-hydrogen) atoms. The number of hydrogen-bond acceptors (Lipinski definition) is 7. The minimum Gasteiger partial charge on any atom is -0.489 e. The Balaban J connectivity index is 1.64. The Morgan fingerprint density at radius 3 is 2.43 bits per heavy atom. The SMILES string of the molecule is CC(C)C(=O)Oc1cc(-c2ccc(OCc3cccnc3)cc2)oc(=O)c1Sc1ccccc1C(C)C. The molecule has 2 heterocycles. The van der Waals surface area contributed by atoms with E-state index in [0.29, 0.717) is 23.7 Å².